The first kappa shape index (κ1) is 9.94. The van der Waals surface area contributed by atoms with Gasteiger partial charge in [0.1, 0.15) is 0 Å². The SMILES string of the molecule is CCCC(S)c1ccc(Cl)cc1. The van der Waals surface area contributed by atoms with Gasteiger partial charge in [-0.15, -0.1) is 0 Å². The summed E-state index contributed by atoms with van der Waals surface area (Å²) in [7, 11) is 0. The van der Waals surface area contributed by atoms with Gasteiger partial charge in [0.2, 0.25) is 0 Å². The molecule has 1 atom stereocenters. The van der Waals surface area contributed by atoms with Crippen LogP contribution in [0.4, 0.5) is 0 Å². The molecule has 0 aromatic heterocycles. The van der Waals surface area contributed by atoms with Crippen LogP contribution in [-0.4, -0.2) is 0 Å². The van der Waals surface area contributed by atoms with Crippen molar-refractivity contribution in [3.05, 3.63) is 34.9 Å². The van der Waals surface area contributed by atoms with Gasteiger partial charge in [-0.3, -0.25) is 0 Å². The quantitative estimate of drug-likeness (QED) is 0.698. The van der Waals surface area contributed by atoms with E-state index in [0.29, 0.717) is 5.25 Å². The molecule has 1 aromatic carbocycles. The largest absolute Gasteiger partial charge is 0.171 e. The summed E-state index contributed by atoms with van der Waals surface area (Å²) in [6.07, 6.45) is 2.28. The highest BCUT2D eigenvalue weighted by Crippen LogP contribution is 2.25. The Morgan fingerprint density at radius 2 is 1.92 bits per heavy atom. The van der Waals surface area contributed by atoms with Crippen LogP contribution in [0.5, 0.6) is 0 Å². The number of halogens is 1. The maximum atomic E-state index is 5.77. The molecule has 0 aliphatic heterocycles. The van der Waals surface area contributed by atoms with Gasteiger partial charge in [0.15, 0.2) is 0 Å². The molecule has 66 valence electrons. The molecule has 0 aliphatic carbocycles. The molecule has 12 heavy (non-hydrogen) atoms. The summed E-state index contributed by atoms with van der Waals surface area (Å²) in [6, 6.07) is 7.90. The van der Waals surface area contributed by atoms with Crippen LogP contribution < -0.4 is 0 Å². The van der Waals surface area contributed by atoms with Crippen molar-refractivity contribution in [2.45, 2.75) is 25.0 Å². The molecule has 0 saturated carbocycles. The van der Waals surface area contributed by atoms with E-state index < -0.39 is 0 Å². The minimum Gasteiger partial charge on any atom is -0.171 e. The van der Waals surface area contributed by atoms with Gasteiger partial charge in [-0.25, -0.2) is 0 Å². The lowest BCUT2D eigenvalue weighted by Crippen LogP contribution is -1.88. The lowest BCUT2D eigenvalue weighted by atomic mass is 10.1. The van der Waals surface area contributed by atoms with Crippen molar-refractivity contribution in [3.63, 3.8) is 0 Å². The zero-order valence-electron chi connectivity index (χ0n) is 7.13. The van der Waals surface area contributed by atoms with E-state index in [9.17, 15) is 0 Å². The Bertz CT molecular complexity index is 230. The van der Waals surface area contributed by atoms with E-state index in [1.807, 2.05) is 24.3 Å². The fourth-order valence-corrected chi connectivity index (χ4v) is 1.68. The second kappa shape index (κ2) is 4.78. The molecule has 0 amide bonds. The number of rotatable bonds is 3. The third kappa shape index (κ3) is 2.72. The van der Waals surface area contributed by atoms with Crippen molar-refractivity contribution >= 4 is 24.2 Å². The zero-order chi connectivity index (χ0) is 8.97. The second-order valence-electron chi connectivity index (χ2n) is 2.86. The van der Waals surface area contributed by atoms with Crippen LogP contribution in [0.3, 0.4) is 0 Å². The Hall–Kier alpha value is -0.140. The van der Waals surface area contributed by atoms with E-state index in [0.717, 1.165) is 17.9 Å². The van der Waals surface area contributed by atoms with Gasteiger partial charge in [-0.2, -0.15) is 12.6 Å². The molecule has 0 heterocycles. The van der Waals surface area contributed by atoms with E-state index in [4.69, 9.17) is 11.6 Å². The summed E-state index contributed by atoms with van der Waals surface area (Å²) in [5.74, 6) is 0. The van der Waals surface area contributed by atoms with Crippen molar-refractivity contribution in [1.29, 1.82) is 0 Å². The molecule has 0 nitrogen and oxygen atoms in total. The first-order valence-electron chi connectivity index (χ1n) is 4.17. The monoisotopic (exact) mass is 200 g/mol. The highest BCUT2D eigenvalue weighted by Gasteiger charge is 2.03. The molecular formula is C10H13ClS. The molecule has 0 radical (unpaired) electrons. The van der Waals surface area contributed by atoms with Gasteiger partial charge in [0.05, 0.1) is 0 Å². The zero-order valence-corrected chi connectivity index (χ0v) is 8.78. The molecule has 0 N–H and O–H groups in total. The standard InChI is InChI=1S/C10H13ClS/c1-2-3-10(12)8-4-6-9(11)7-5-8/h4-7,10,12H,2-3H2,1H3. The Labute approximate surface area is 84.3 Å². The maximum absolute atomic E-state index is 5.77. The first-order chi connectivity index (χ1) is 5.74. The molecule has 1 rings (SSSR count). The van der Waals surface area contributed by atoms with Crippen LogP contribution >= 0.6 is 24.2 Å². The third-order valence-electron chi connectivity index (χ3n) is 1.82. The average molecular weight is 201 g/mol. The Balaban J connectivity index is 2.68. The lowest BCUT2D eigenvalue weighted by Gasteiger charge is -2.08. The Morgan fingerprint density at radius 3 is 2.42 bits per heavy atom. The van der Waals surface area contributed by atoms with Gasteiger partial charge < -0.3 is 0 Å². The van der Waals surface area contributed by atoms with E-state index in [1.54, 1.807) is 0 Å². The van der Waals surface area contributed by atoms with Crippen LogP contribution in [0.15, 0.2) is 24.3 Å². The molecule has 0 bridgehead atoms. The molecular weight excluding hydrogens is 188 g/mol. The summed E-state index contributed by atoms with van der Waals surface area (Å²) in [6.45, 7) is 2.17. The van der Waals surface area contributed by atoms with Gasteiger partial charge in [0.25, 0.3) is 0 Å². The molecule has 0 aliphatic rings. The van der Waals surface area contributed by atoms with Crippen molar-refractivity contribution in [3.8, 4) is 0 Å². The van der Waals surface area contributed by atoms with Crippen molar-refractivity contribution in [1.82, 2.24) is 0 Å². The predicted molar refractivity (Wildman–Crippen MR) is 58.1 cm³/mol. The highest BCUT2D eigenvalue weighted by molar-refractivity contribution is 7.80. The maximum Gasteiger partial charge on any atom is 0.0406 e. The number of benzene rings is 1. The fourth-order valence-electron chi connectivity index (χ4n) is 1.13. The first-order valence-corrected chi connectivity index (χ1v) is 5.07. The second-order valence-corrected chi connectivity index (χ2v) is 3.92. The fraction of sp³-hybridized carbons (Fsp3) is 0.400. The molecule has 0 spiro atoms. The molecule has 1 aromatic rings. The average Bonchev–Trinajstić information content (AvgIpc) is 2.06. The number of hydrogen-bond acceptors (Lipinski definition) is 1. The molecule has 2 heteroatoms. The van der Waals surface area contributed by atoms with Crippen LogP contribution in [-0.2, 0) is 0 Å². The van der Waals surface area contributed by atoms with Crippen molar-refractivity contribution in [2.75, 3.05) is 0 Å². The summed E-state index contributed by atoms with van der Waals surface area (Å²) < 4.78 is 0. The highest BCUT2D eigenvalue weighted by atomic mass is 35.5. The summed E-state index contributed by atoms with van der Waals surface area (Å²) >= 11 is 10.3. The summed E-state index contributed by atoms with van der Waals surface area (Å²) in [4.78, 5) is 0. The molecule has 1 unspecified atom stereocenters. The normalized spacial score (nSPS) is 12.9. The van der Waals surface area contributed by atoms with Crippen molar-refractivity contribution < 1.29 is 0 Å². The lowest BCUT2D eigenvalue weighted by molar-refractivity contribution is 0.783. The Morgan fingerprint density at radius 1 is 1.33 bits per heavy atom. The van der Waals surface area contributed by atoms with Gasteiger partial charge in [-0.05, 0) is 24.1 Å². The van der Waals surface area contributed by atoms with Crippen LogP contribution in [0.1, 0.15) is 30.6 Å². The predicted octanol–water partition coefficient (Wildman–Crippen LogP) is 4.11. The van der Waals surface area contributed by atoms with Gasteiger partial charge in [-0.1, -0.05) is 37.1 Å². The summed E-state index contributed by atoms with van der Waals surface area (Å²) in [5.41, 5.74) is 1.25. The van der Waals surface area contributed by atoms with Crippen molar-refractivity contribution in [2.24, 2.45) is 0 Å². The summed E-state index contributed by atoms with van der Waals surface area (Å²) in [5, 5.41) is 1.14. The number of thiol groups is 1. The third-order valence-corrected chi connectivity index (χ3v) is 2.63. The Kier molecular flexibility index (Phi) is 3.96. The van der Waals surface area contributed by atoms with Crippen LogP contribution in [0.25, 0.3) is 0 Å². The van der Waals surface area contributed by atoms with E-state index >= 15 is 0 Å². The van der Waals surface area contributed by atoms with Gasteiger partial charge >= 0.3 is 0 Å². The van der Waals surface area contributed by atoms with E-state index in [2.05, 4.69) is 19.6 Å². The van der Waals surface area contributed by atoms with E-state index in [1.165, 1.54) is 5.56 Å². The topological polar surface area (TPSA) is 0 Å². The van der Waals surface area contributed by atoms with Gasteiger partial charge in [0, 0.05) is 10.3 Å². The minimum absolute atomic E-state index is 0.354. The minimum atomic E-state index is 0.354. The van der Waals surface area contributed by atoms with Crippen LogP contribution in [0, 0.1) is 0 Å². The van der Waals surface area contributed by atoms with Crippen LogP contribution in [0.2, 0.25) is 5.02 Å². The molecule has 0 saturated heterocycles. The molecule has 0 fully saturated rings. The smallest absolute Gasteiger partial charge is 0.0406 e. The van der Waals surface area contributed by atoms with E-state index in [-0.39, 0.29) is 0 Å². The number of hydrogen-bond donors (Lipinski definition) is 1.